The third kappa shape index (κ3) is 0.635. The smallest absolute Gasteiger partial charge is 0.119 e. The van der Waals surface area contributed by atoms with Crippen molar-refractivity contribution in [2.75, 3.05) is 17.1 Å². The summed E-state index contributed by atoms with van der Waals surface area (Å²) in [6.45, 7) is 0.263. The van der Waals surface area contributed by atoms with Crippen molar-refractivity contribution in [2.24, 2.45) is 0 Å². The quantitative estimate of drug-likeness (QED) is 0.549. The fraction of sp³-hybridized carbons (Fsp3) is 0.143. The van der Waals surface area contributed by atoms with Gasteiger partial charge in [-0.25, -0.2) is 0 Å². The first kappa shape index (κ1) is 5.53. The molecule has 1 N–H and O–H groups in total. The Morgan fingerprint density at radius 3 is 3.00 bits per heavy atom. The lowest BCUT2D eigenvalue weighted by atomic mass is 10.3. The second-order valence-corrected chi connectivity index (χ2v) is 2.21. The fourth-order valence-electron chi connectivity index (χ4n) is 1.07. The number of nitrogens with one attached hydrogen (secondary N) is 1. The van der Waals surface area contributed by atoms with E-state index in [4.69, 9.17) is 0 Å². The molecule has 3 heteroatoms. The van der Waals surface area contributed by atoms with Crippen LogP contribution >= 0.6 is 0 Å². The van der Waals surface area contributed by atoms with Crippen LogP contribution in [0.3, 0.4) is 0 Å². The second kappa shape index (κ2) is 1.87. The van der Waals surface area contributed by atoms with Gasteiger partial charge in [0.2, 0.25) is 0 Å². The molecule has 1 aromatic rings. The van der Waals surface area contributed by atoms with Crippen LogP contribution in [0.5, 0.6) is 0 Å². The molecule has 0 saturated carbocycles. The first-order chi connectivity index (χ1) is 4.88. The Labute approximate surface area is 58.2 Å². The summed E-state index contributed by atoms with van der Waals surface area (Å²) in [6.07, 6.45) is 0. The summed E-state index contributed by atoms with van der Waals surface area (Å²) in [5.41, 5.74) is 1.49. The normalized spacial score (nSPS) is 14.7. The standard InChI is InChI=1S/C7H7FN2/c8-10-5-9-6-3-1-2-4-7(6)10/h1-4,9H,5H2. The maximum absolute atomic E-state index is 12.7. The SMILES string of the molecule is FN1CNc2ccccc21. The summed E-state index contributed by atoms with van der Waals surface area (Å²) < 4.78 is 12.7. The highest BCUT2D eigenvalue weighted by Crippen LogP contribution is 2.30. The van der Waals surface area contributed by atoms with Crippen LogP contribution < -0.4 is 10.4 Å². The van der Waals surface area contributed by atoms with Crippen LogP contribution in [0, 0.1) is 0 Å². The molecule has 0 amide bonds. The van der Waals surface area contributed by atoms with Gasteiger partial charge in [-0.3, -0.25) is 0 Å². The molecule has 2 rings (SSSR count). The lowest BCUT2D eigenvalue weighted by molar-refractivity contribution is 0.458. The van der Waals surface area contributed by atoms with Gasteiger partial charge < -0.3 is 5.32 Å². The first-order valence-corrected chi connectivity index (χ1v) is 3.14. The summed E-state index contributed by atoms with van der Waals surface area (Å²) in [5.74, 6) is 0. The van der Waals surface area contributed by atoms with Gasteiger partial charge in [-0.2, -0.15) is 5.12 Å². The predicted octanol–water partition coefficient (Wildman–Crippen LogP) is 1.76. The molecule has 0 aliphatic carbocycles. The van der Waals surface area contributed by atoms with E-state index in [0.29, 0.717) is 10.8 Å². The monoisotopic (exact) mass is 138 g/mol. The van der Waals surface area contributed by atoms with Crippen molar-refractivity contribution in [1.29, 1.82) is 0 Å². The molecule has 0 radical (unpaired) electrons. The number of hydrogen-bond acceptors (Lipinski definition) is 2. The van der Waals surface area contributed by atoms with Crippen molar-refractivity contribution in [3.8, 4) is 0 Å². The van der Waals surface area contributed by atoms with Crippen LogP contribution in [0.1, 0.15) is 0 Å². The van der Waals surface area contributed by atoms with Crippen LogP contribution in [0.2, 0.25) is 0 Å². The zero-order valence-corrected chi connectivity index (χ0v) is 5.34. The highest BCUT2D eigenvalue weighted by Gasteiger charge is 2.15. The van der Waals surface area contributed by atoms with Gasteiger partial charge in [0.25, 0.3) is 0 Å². The van der Waals surface area contributed by atoms with Crippen molar-refractivity contribution < 1.29 is 4.48 Å². The van der Waals surface area contributed by atoms with Crippen molar-refractivity contribution in [2.45, 2.75) is 0 Å². The Balaban J connectivity index is 2.51. The van der Waals surface area contributed by atoms with Crippen LogP contribution in [0.4, 0.5) is 15.9 Å². The average Bonchev–Trinajstić information content (AvgIpc) is 2.34. The Bertz CT molecular complexity index is 249. The van der Waals surface area contributed by atoms with E-state index in [0.717, 1.165) is 5.69 Å². The summed E-state index contributed by atoms with van der Waals surface area (Å²) >= 11 is 0. The second-order valence-electron chi connectivity index (χ2n) is 2.21. The predicted molar refractivity (Wildman–Crippen MR) is 38.5 cm³/mol. The van der Waals surface area contributed by atoms with Gasteiger partial charge in [-0.15, -0.1) is 0 Å². The van der Waals surface area contributed by atoms with E-state index < -0.39 is 0 Å². The molecule has 0 saturated heterocycles. The van der Waals surface area contributed by atoms with Crippen LogP contribution in [-0.4, -0.2) is 6.67 Å². The highest BCUT2D eigenvalue weighted by atomic mass is 19.2. The Morgan fingerprint density at radius 1 is 1.40 bits per heavy atom. The minimum absolute atomic E-state index is 0.263. The Morgan fingerprint density at radius 2 is 2.20 bits per heavy atom. The number of rotatable bonds is 0. The maximum atomic E-state index is 12.7. The fourth-order valence-corrected chi connectivity index (χ4v) is 1.07. The Hall–Kier alpha value is -1.25. The minimum atomic E-state index is 0.263. The maximum Gasteiger partial charge on any atom is 0.119 e. The van der Waals surface area contributed by atoms with E-state index in [1.165, 1.54) is 0 Å². The third-order valence-corrected chi connectivity index (χ3v) is 1.57. The average molecular weight is 138 g/mol. The number of fused-ring (bicyclic) bond motifs is 1. The molecule has 0 unspecified atom stereocenters. The van der Waals surface area contributed by atoms with Gasteiger partial charge in [0, 0.05) is 0 Å². The molecular formula is C7H7FN2. The molecule has 0 spiro atoms. The van der Waals surface area contributed by atoms with E-state index in [2.05, 4.69) is 5.32 Å². The molecule has 1 aliphatic heterocycles. The van der Waals surface area contributed by atoms with Gasteiger partial charge in [-0.05, 0) is 12.1 Å². The summed E-state index contributed by atoms with van der Waals surface area (Å²) in [7, 11) is 0. The number of benzene rings is 1. The molecule has 1 aliphatic rings. The zero-order valence-electron chi connectivity index (χ0n) is 5.34. The number of nitrogens with zero attached hydrogens (tertiary/aromatic N) is 1. The van der Waals surface area contributed by atoms with Crippen LogP contribution in [0.25, 0.3) is 0 Å². The van der Waals surface area contributed by atoms with Crippen LogP contribution in [0.15, 0.2) is 24.3 Å². The largest absolute Gasteiger partial charge is 0.364 e. The number of para-hydroxylation sites is 2. The van der Waals surface area contributed by atoms with Gasteiger partial charge in [0.15, 0.2) is 0 Å². The number of halogens is 1. The van der Waals surface area contributed by atoms with Crippen molar-refractivity contribution in [3.63, 3.8) is 0 Å². The third-order valence-electron chi connectivity index (χ3n) is 1.57. The van der Waals surface area contributed by atoms with E-state index in [-0.39, 0.29) is 6.67 Å². The lowest BCUT2D eigenvalue weighted by Crippen LogP contribution is -2.10. The zero-order chi connectivity index (χ0) is 6.97. The van der Waals surface area contributed by atoms with Crippen molar-refractivity contribution in [1.82, 2.24) is 0 Å². The van der Waals surface area contributed by atoms with E-state index in [1.807, 2.05) is 18.2 Å². The van der Waals surface area contributed by atoms with E-state index >= 15 is 0 Å². The number of hydrogen-bond donors (Lipinski definition) is 1. The Kier molecular flexibility index (Phi) is 1.03. The first-order valence-electron chi connectivity index (χ1n) is 3.14. The van der Waals surface area contributed by atoms with Gasteiger partial charge >= 0.3 is 0 Å². The molecule has 52 valence electrons. The van der Waals surface area contributed by atoms with Gasteiger partial charge in [-0.1, -0.05) is 16.6 Å². The lowest BCUT2D eigenvalue weighted by Gasteiger charge is -2.01. The molecule has 0 fully saturated rings. The van der Waals surface area contributed by atoms with E-state index in [1.54, 1.807) is 6.07 Å². The summed E-state index contributed by atoms with van der Waals surface area (Å²) in [4.78, 5) is 0. The molecule has 2 nitrogen and oxygen atoms in total. The number of anilines is 2. The van der Waals surface area contributed by atoms with Crippen molar-refractivity contribution >= 4 is 11.4 Å². The topological polar surface area (TPSA) is 15.3 Å². The molecule has 1 aromatic carbocycles. The summed E-state index contributed by atoms with van der Waals surface area (Å²) in [5, 5.41) is 3.59. The highest BCUT2D eigenvalue weighted by molar-refractivity contribution is 5.72. The van der Waals surface area contributed by atoms with E-state index in [9.17, 15) is 4.48 Å². The minimum Gasteiger partial charge on any atom is -0.364 e. The van der Waals surface area contributed by atoms with Crippen LogP contribution in [-0.2, 0) is 0 Å². The molecule has 0 atom stereocenters. The molecular weight excluding hydrogens is 131 g/mol. The molecule has 10 heavy (non-hydrogen) atoms. The van der Waals surface area contributed by atoms with Crippen molar-refractivity contribution in [3.05, 3.63) is 24.3 Å². The van der Waals surface area contributed by atoms with Gasteiger partial charge in [0.05, 0.1) is 11.4 Å². The molecule has 0 aromatic heterocycles. The summed E-state index contributed by atoms with van der Waals surface area (Å²) in [6, 6.07) is 7.30. The molecule has 1 heterocycles. The van der Waals surface area contributed by atoms with Gasteiger partial charge in [0.1, 0.15) is 6.67 Å². The molecule has 0 bridgehead atoms.